The summed E-state index contributed by atoms with van der Waals surface area (Å²) in [6.45, 7) is 4.46. The van der Waals surface area contributed by atoms with Crippen LogP contribution in [0.4, 0.5) is 11.4 Å². The molecule has 1 aliphatic rings. The minimum atomic E-state index is 0.603. The van der Waals surface area contributed by atoms with Crippen LogP contribution in [0, 0.1) is 6.92 Å². The molecule has 138 valence electrons. The van der Waals surface area contributed by atoms with Crippen LogP contribution >= 0.6 is 11.3 Å². The molecule has 0 saturated carbocycles. The van der Waals surface area contributed by atoms with Crippen LogP contribution in [0.5, 0.6) is 0 Å². The SMILES string of the molecule is Cc1ccc(Nc2cc3c4c(sc3cc2-c2ccccc2)C(C)CC=C4)cc1. The highest BCUT2D eigenvalue weighted by atomic mass is 32.1. The Morgan fingerprint density at radius 2 is 1.75 bits per heavy atom. The topological polar surface area (TPSA) is 12.0 Å². The average molecular weight is 382 g/mol. The minimum absolute atomic E-state index is 0.603. The number of hydrogen-bond acceptors (Lipinski definition) is 2. The lowest BCUT2D eigenvalue weighted by Crippen LogP contribution is -1.96. The second kappa shape index (κ2) is 6.96. The molecule has 1 aromatic heterocycles. The zero-order chi connectivity index (χ0) is 19.1. The Balaban J connectivity index is 1.71. The summed E-state index contributed by atoms with van der Waals surface area (Å²) in [5.74, 6) is 0.603. The molecule has 0 amide bonds. The molecular weight excluding hydrogens is 358 g/mol. The van der Waals surface area contributed by atoms with Crippen molar-refractivity contribution >= 4 is 38.9 Å². The van der Waals surface area contributed by atoms with Crippen LogP contribution in [0.15, 0.2) is 72.8 Å². The van der Waals surface area contributed by atoms with Gasteiger partial charge in [-0.05, 0) is 54.7 Å². The molecule has 0 bridgehead atoms. The molecule has 1 heterocycles. The summed E-state index contributed by atoms with van der Waals surface area (Å²) in [6, 6.07) is 24.0. The first-order valence-electron chi connectivity index (χ1n) is 9.85. The van der Waals surface area contributed by atoms with Crippen molar-refractivity contribution in [1.29, 1.82) is 0 Å². The van der Waals surface area contributed by atoms with Crippen molar-refractivity contribution < 1.29 is 0 Å². The molecule has 2 heteroatoms. The van der Waals surface area contributed by atoms with Crippen LogP contribution in [0.1, 0.15) is 35.3 Å². The molecule has 0 spiro atoms. The van der Waals surface area contributed by atoms with Crippen molar-refractivity contribution in [2.45, 2.75) is 26.2 Å². The Labute approximate surface area is 170 Å². The second-order valence-electron chi connectivity index (χ2n) is 7.67. The van der Waals surface area contributed by atoms with Crippen LogP contribution < -0.4 is 5.32 Å². The van der Waals surface area contributed by atoms with Crippen molar-refractivity contribution in [3.8, 4) is 11.1 Å². The number of anilines is 2. The minimum Gasteiger partial charge on any atom is -0.355 e. The predicted octanol–water partition coefficient (Wildman–Crippen LogP) is 8.14. The van der Waals surface area contributed by atoms with Gasteiger partial charge in [-0.25, -0.2) is 0 Å². The highest BCUT2D eigenvalue weighted by Crippen LogP contribution is 2.45. The number of allylic oxidation sites excluding steroid dienone is 1. The van der Waals surface area contributed by atoms with Crippen LogP contribution in [0.25, 0.3) is 27.3 Å². The van der Waals surface area contributed by atoms with Gasteiger partial charge in [0.25, 0.3) is 0 Å². The molecular formula is C26H23NS. The van der Waals surface area contributed by atoms with Crippen molar-refractivity contribution in [2.75, 3.05) is 5.32 Å². The number of aryl methyl sites for hydroxylation is 1. The van der Waals surface area contributed by atoms with E-state index in [0.29, 0.717) is 5.92 Å². The van der Waals surface area contributed by atoms with Crippen LogP contribution in [-0.4, -0.2) is 0 Å². The van der Waals surface area contributed by atoms with Gasteiger partial charge in [0.05, 0.1) is 0 Å². The second-order valence-corrected chi connectivity index (χ2v) is 8.75. The molecule has 0 aliphatic heterocycles. The maximum absolute atomic E-state index is 3.68. The molecule has 28 heavy (non-hydrogen) atoms. The van der Waals surface area contributed by atoms with Crippen LogP contribution in [-0.2, 0) is 0 Å². The Bertz CT molecular complexity index is 1170. The lowest BCUT2D eigenvalue weighted by Gasteiger charge is -2.15. The van der Waals surface area contributed by atoms with E-state index >= 15 is 0 Å². The molecule has 1 N–H and O–H groups in total. The fourth-order valence-electron chi connectivity index (χ4n) is 3.97. The van der Waals surface area contributed by atoms with Gasteiger partial charge >= 0.3 is 0 Å². The molecule has 0 fully saturated rings. The summed E-state index contributed by atoms with van der Waals surface area (Å²) in [7, 11) is 0. The first-order chi connectivity index (χ1) is 13.7. The third-order valence-corrected chi connectivity index (χ3v) is 6.93. The summed E-state index contributed by atoms with van der Waals surface area (Å²) in [4.78, 5) is 1.52. The molecule has 4 aromatic rings. The van der Waals surface area contributed by atoms with Crippen molar-refractivity contribution in [3.63, 3.8) is 0 Å². The van der Waals surface area contributed by atoms with Crippen LogP contribution in [0.3, 0.4) is 0 Å². The molecule has 1 aliphatic carbocycles. The van der Waals surface area contributed by atoms with E-state index in [-0.39, 0.29) is 0 Å². The fraction of sp³-hybridized carbons (Fsp3) is 0.154. The van der Waals surface area contributed by atoms with E-state index < -0.39 is 0 Å². The zero-order valence-corrected chi connectivity index (χ0v) is 17.0. The monoisotopic (exact) mass is 381 g/mol. The molecule has 1 unspecified atom stereocenters. The summed E-state index contributed by atoms with van der Waals surface area (Å²) >= 11 is 1.95. The summed E-state index contributed by atoms with van der Waals surface area (Å²) in [5.41, 5.74) is 7.46. The largest absolute Gasteiger partial charge is 0.355 e. The van der Waals surface area contributed by atoms with Gasteiger partial charge in [0, 0.05) is 31.9 Å². The van der Waals surface area contributed by atoms with Gasteiger partial charge in [0.15, 0.2) is 0 Å². The number of thiophene rings is 1. The van der Waals surface area contributed by atoms with Gasteiger partial charge in [0.2, 0.25) is 0 Å². The standard InChI is InChI=1S/C26H23NS/c1-17-11-13-20(14-12-17)27-24-15-23-21-10-6-7-18(2)26(21)28-25(23)16-22(24)19-8-4-3-5-9-19/h3-6,8-16,18,27H,7H2,1-2H3. The smallest absolute Gasteiger partial charge is 0.0471 e. The Morgan fingerprint density at radius 1 is 0.964 bits per heavy atom. The van der Waals surface area contributed by atoms with Crippen molar-refractivity contribution in [1.82, 2.24) is 0 Å². The van der Waals surface area contributed by atoms with Gasteiger partial charge in [-0.1, -0.05) is 67.1 Å². The van der Waals surface area contributed by atoms with Gasteiger partial charge in [-0.3, -0.25) is 0 Å². The molecule has 3 aromatic carbocycles. The van der Waals surface area contributed by atoms with Gasteiger partial charge in [0.1, 0.15) is 0 Å². The number of nitrogens with one attached hydrogen (secondary N) is 1. The van der Waals surface area contributed by atoms with Gasteiger partial charge in [-0.15, -0.1) is 11.3 Å². The molecule has 0 radical (unpaired) electrons. The highest BCUT2D eigenvalue weighted by molar-refractivity contribution is 7.19. The van der Waals surface area contributed by atoms with E-state index in [1.165, 1.54) is 37.2 Å². The predicted molar refractivity (Wildman–Crippen MR) is 124 cm³/mol. The fourth-order valence-corrected chi connectivity index (χ4v) is 5.25. The van der Waals surface area contributed by atoms with E-state index in [1.54, 1.807) is 0 Å². The molecule has 5 rings (SSSR count). The first-order valence-corrected chi connectivity index (χ1v) is 10.7. The number of hydrogen-bond donors (Lipinski definition) is 1. The van der Waals surface area contributed by atoms with Gasteiger partial charge in [-0.2, -0.15) is 0 Å². The Hall–Kier alpha value is -2.84. The van der Waals surface area contributed by atoms with E-state index in [2.05, 4.69) is 98.0 Å². The normalized spacial score (nSPS) is 15.6. The van der Waals surface area contributed by atoms with E-state index in [9.17, 15) is 0 Å². The lowest BCUT2D eigenvalue weighted by molar-refractivity contribution is 0.791. The third kappa shape index (κ3) is 3.04. The van der Waals surface area contributed by atoms with Gasteiger partial charge < -0.3 is 5.32 Å². The molecule has 0 saturated heterocycles. The van der Waals surface area contributed by atoms with Crippen molar-refractivity contribution in [3.05, 3.63) is 88.8 Å². The summed E-state index contributed by atoms with van der Waals surface area (Å²) < 4.78 is 1.37. The summed E-state index contributed by atoms with van der Waals surface area (Å²) in [5, 5.41) is 5.04. The lowest BCUT2D eigenvalue weighted by atomic mass is 9.93. The maximum atomic E-state index is 3.68. The quantitative estimate of drug-likeness (QED) is 0.377. The van der Waals surface area contributed by atoms with Crippen molar-refractivity contribution in [2.24, 2.45) is 0 Å². The van der Waals surface area contributed by atoms with E-state index in [1.807, 2.05) is 11.3 Å². The molecule has 1 atom stereocenters. The number of fused-ring (bicyclic) bond motifs is 3. The molecule has 1 nitrogen and oxygen atoms in total. The summed E-state index contributed by atoms with van der Waals surface area (Å²) in [6.07, 6.45) is 5.77. The Kier molecular flexibility index (Phi) is 4.29. The van der Waals surface area contributed by atoms with E-state index in [0.717, 1.165) is 17.8 Å². The average Bonchev–Trinajstić information content (AvgIpc) is 3.09. The van der Waals surface area contributed by atoms with Crippen LogP contribution in [0.2, 0.25) is 0 Å². The highest BCUT2D eigenvalue weighted by Gasteiger charge is 2.20. The number of benzene rings is 3. The van der Waals surface area contributed by atoms with E-state index in [4.69, 9.17) is 0 Å². The Morgan fingerprint density at radius 3 is 2.54 bits per heavy atom. The first kappa shape index (κ1) is 17.3. The third-order valence-electron chi connectivity index (χ3n) is 5.53. The zero-order valence-electron chi connectivity index (χ0n) is 16.2. The maximum Gasteiger partial charge on any atom is 0.0471 e. The number of rotatable bonds is 3.